The lowest BCUT2D eigenvalue weighted by atomic mass is 9.93. The number of nitrogens with zero attached hydrogens (tertiary/aromatic N) is 1. The van der Waals surface area contributed by atoms with Gasteiger partial charge in [0, 0.05) is 19.6 Å². The molecule has 0 aromatic heterocycles. The summed E-state index contributed by atoms with van der Waals surface area (Å²) in [5.41, 5.74) is -0.0240. The van der Waals surface area contributed by atoms with Crippen LogP contribution < -0.4 is 5.32 Å². The van der Waals surface area contributed by atoms with Gasteiger partial charge in [0.2, 0.25) is 0 Å². The largest absolute Gasteiger partial charge is 0.394 e. The van der Waals surface area contributed by atoms with E-state index < -0.39 is 0 Å². The highest BCUT2D eigenvalue weighted by Crippen LogP contribution is 2.41. The van der Waals surface area contributed by atoms with Gasteiger partial charge in [-0.3, -0.25) is 0 Å². The van der Waals surface area contributed by atoms with E-state index in [-0.39, 0.29) is 5.54 Å². The molecule has 3 aliphatic carbocycles. The molecule has 0 radical (unpaired) electrons. The summed E-state index contributed by atoms with van der Waals surface area (Å²) >= 11 is 0. The van der Waals surface area contributed by atoms with Gasteiger partial charge in [0.15, 0.2) is 0 Å². The summed E-state index contributed by atoms with van der Waals surface area (Å²) in [6.45, 7) is 3.89. The first kappa shape index (κ1) is 12.9. The van der Waals surface area contributed by atoms with Crippen LogP contribution in [0.2, 0.25) is 0 Å². The van der Waals surface area contributed by atoms with Crippen LogP contribution in [0.1, 0.15) is 38.5 Å². The zero-order chi connectivity index (χ0) is 12.6. The second-order valence-corrected chi connectivity index (χ2v) is 6.92. The van der Waals surface area contributed by atoms with E-state index >= 15 is 0 Å². The van der Waals surface area contributed by atoms with Crippen LogP contribution in [0.5, 0.6) is 0 Å². The molecule has 3 rings (SSSR count). The van der Waals surface area contributed by atoms with Crippen molar-refractivity contribution in [1.29, 1.82) is 0 Å². The lowest BCUT2D eigenvalue weighted by Crippen LogP contribution is -2.57. The molecule has 0 saturated heterocycles. The standard InChI is InChI=1S/C15H28N2O/c1-16-15(11-18,14-6-7-14)10-17(8-12-2-3-12)9-13-4-5-13/h12-14,16,18H,2-11H2,1H3. The van der Waals surface area contributed by atoms with Crippen molar-refractivity contribution in [1.82, 2.24) is 10.2 Å². The number of aliphatic hydroxyl groups excluding tert-OH is 1. The van der Waals surface area contributed by atoms with Crippen molar-refractivity contribution in [2.75, 3.05) is 33.3 Å². The summed E-state index contributed by atoms with van der Waals surface area (Å²) in [6, 6.07) is 0. The smallest absolute Gasteiger partial charge is 0.0628 e. The Kier molecular flexibility index (Phi) is 3.65. The molecule has 3 aliphatic rings. The second-order valence-electron chi connectivity index (χ2n) is 6.92. The Bertz CT molecular complexity index is 264. The molecule has 0 spiro atoms. The predicted octanol–water partition coefficient (Wildman–Crippen LogP) is 1.47. The Hall–Kier alpha value is -0.120. The summed E-state index contributed by atoms with van der Waals surface area (Å²) in [5, 5.41) is 13.3. The van der Waals surface area contributed by atoms with Crippen molar-refractivity contribution in [3.05, 3.63) is 0 Å². The molecule has 3 saturated carbocycles. The monoisotopic (exact) mass is 252 g/mol. The maximum absolute atomic E-state index is 9.85. The van der Waals surface area contributed by atoms with Gasteiger partial charge in [-0.15, -0.1) is 0 Å². The van der Waals surface area contributed by atoms with E-state index in [0.29, 0.717) is 12.5 Å². The minimum atomic E-state index is -0.0240. The zero-order valence-corrected chi connectivity index (χ0v) is 11.7. The number of hydrogen-bond acceptors (Lipinski definition) is 3. The second kappa shape index (κ2) is 5.10. The predicted molar refractivity (Wildman–Crippen MR) is 73.5 cm³/mol. The zero-order valence-electron chi connectivity index (χ0n) is 11.7. The van der Waals surface area contributed by atoms with E-state index in [2.05, 4.69) is 10.2 Å². The first-order valence-electron chi connectivity index (χ1n) is 7.78. The number of rotatable bonds is 9. The van der Waals surface area contributed by atoms with E-state index in [4.69, 9.17) is 0 Å². The van der Waals surface area contributed by atoms with Crippen LogP contribution in [0, 0.1) is 17.8 Å². The molecule has 18 heavy (non-hydrogen) atoms. The number of hydrogen-bond donors (Lipinski definition) is 2. The third kappa shape index (κ3) is 3.06. The van der Waals surface area contributed by atoms with Crippen LogP contribution in [0.25, 0.3) is 0 Å². The topological polar surface area (TPSA) is 35.5 Å². The minimum absolute atomic E-state index is 0.0240. The lowest BCUT2D eigenvalue weighted by Gasteiger charge is -2.37. The highest BCUT2D eigenvalue weighted by atomic mass is 16.3. The van der Waals surface area contributed by atoms with Crippen molar-refractivity contribution in [3.8, 4) is 0 Å². The number of likely N-dealkylation sites (N-methyl/N-ethyl adjacent to an activating group) is 1. The van der Waals surface area contributed by atoms with E-state index in [0.717, 1.165) is 18.4 Å². The van der Waals surface area contributed by atoms with E-state index in [1.165, 1.54) is 51.6 Å². The van der Waals surface area contributed by atoms with Crippen molar-refractivity contribution < 1.29 is 5.11 Å². The minimum Gasteiger partial charge on any atom is -0.394 e. The molecule has 3 nitrogen and oxygen atoms in total. The quantitative estimate of drug-likeness (QED) is 0.652. The van der Waals surface area contributed by atoms with Gasteiger partial charge in [0.25, 0.3) is 0 Å². The molecular weight excluding hydrogens is 224 g/mol. The number of aliphatic hydroxyl groups is 1. The Labute approximate surface area is 111 Å². The van der Waals surface area contributed by atoms with Crippen molar-refractivity contribution in [3.63, 3.8) is 0 Å². The third-order valence-electron chi connectivity index (χ3n) is 5.07. The van der Waals surface area contributed by atoms with Gasteiger partial charge in [0.1, 0.15) is 0 Å². The van der Waals surface area contributed by atoms with Crippen LogP contribution in [-0.2, 0) is 0 Å². The molecule has 104 valence electrons. The maximum Gasteiger partial charge on any atom is 0.0628 e. The SMILES string of the molecule is CNC(CO)(CN(CC1CC1)CC1CC1)C1CC1. The first-order valence-corrected chi connectivity index (χ1v) is 7.78. The molecule has 2 N–H and O–H groups in total. The van der Waals surface area contributed by atoms with E-state index in [1.54, 1.807) is 0 Å². The molecule has 0 bridgehead atoms. The summed E-state index contributed by atoms with van der Waals surface area (Å²) in [6.07, 6.45) is 8.29. The Morgan fingerprint density at radius 1 is 1.06 bits per heavy atom. The molecule has 0 aromatic rings. The molecule has 1 unspecified atom stereocenters. The lowest BCUT2D eigenvalue weighted by molar-refractivity contribution is 0.0919. The van der Waals surface area contributed by atoms with Crippen LogP contribution >= 0.6 is 0 Å². The van der Waals surface area contributed by atoms with Crippen LogP contribution in [0.3, 0.4) is 0 Å². The molecule has 3 fully saturated rings. The molecule has 1 atom stereocenters. The molecule has 3 heteroatoms. The van der Waals surface area contributed by atoms with E-state index in [1.807, 2.05) is 7.05 Å². The highest BCUT2D eigenvalue weighted by molar-refractivity contribution is 5.03. The Morgan fingerprint density at radius 2 is 1.61 bits per heavy atom. The van der Waals surface area contributed by atoms with Crippen molar-refractivity contribution in [2.45, 2.75) is 44.1 Å². The summed E-state index contributed by atoms with van der Waals surface area (Å²) in [7, 11) is 2.03. The highest BCUT2D eigenvalue weighted by Gasteiger charge is 2.45. The van der Waals surface area contributed by atoms with Gasteiger partial charge in [-0.25, -0.2) is 0 Å². The molecule has 0 aromatic carbocycles. The molecule has 0 heterocycles. The number of nitrogens with one attached hydrogen (secondary N) is 1. The van der Waals surface area contributed by atoms with Gasteiger partial charge in [-0.1, -0.05) is 0 Å². The van der Waals surface area contributed by atoms with Gasteiger partial charge in [-0.2, -0.15) is 0 Å². The van der Waals surface area contributed by atoms with Gasteiger partial charge < -0.3 is 15.3 Å². The first-order chi connectivity index (χ1) is 8.75. The Balaban J connectivity index is 1.60. The molecule has 0 aliphatic heterocycles. The fourth-order valence-corrected chi connectivity index (χ4v) is 3.24. The van der Waals surface area contributed by atoms with Crippen molar-refractivity contribution >= 4 is 0 Å². The van der Waals surface area contributed by atoms with Gasteiger partial charge >= 0.3 is 0 Å². The molecule has 0 amide bonds. The van der Waals surface area contributed by atoms with Crippen LogP contribution in [0.15, 0.2) is 0 Å². The summed E-state index contributed by atoms with van der Waals surface area (Å²) in [5.74, 6) is 2.61. The van der Waals surface area contributed by atoms with Crippen molar-refractivity contribution in [2.24, 2.45) is 17.8 Å². The van der Waals surface area contributed by atoms with Gasteiger partial charge in [-0.05, 0) is 63.3 Å². The van der Waals surface area contributed by atoms with Crippen LogP contribution in [0.4, 0.5) is 0 Å². The maximum atomic E-state index is 9.85. The normalized spacial score (nSPS) is 27.5. The van der Waals surface area contributed by atoms with Gasteiger partial charge in [0.05, 0.1) is 12.1 Å². The average molecular weight is 252 g/mol. The van der Waals surface area contributed by atoms with E-state index in [9.17, 15) is 5.11 Å². The summed E-state index contributed by atoms with van der Waals surface area (Å²) < 4.78 is 0. The van der Waals surface area contributed by atoms with Crippen LogP contribution in [-0.4, -0.2) is 48.8 Å². The third-order valence-corrected chi connectivity index (χ3v) is 5.07. The fourth-order valence-electron chi connectivity index (χ4n) is 3.24. The Morgan fingerprint density at radius 3 is 1.94 bits per heavy atom. The fraction of sp³-hybridized carbons (Fsp3) is 1.00. The summed E-state index contributed by atoms with van der Waals surface area (Å²) in [4.78, 5) is 2.65. The average Bonchev–Trinajstić information content (AvgIpc) is 3.21. The molecular formula is C15H28N2O.